The Labute approximate surface area is 112 Å². The van der Waals surface area contributed by atoms with Gasteiger partial charge in [-0.15, -0.1) is 0 Å². The second kappa shape index (κ2) is 4.76. The molecule has 96 valence electrons. The molecule has 0 atom stereocenters. The van der Waals surface area contributed by atoms with Gasteiger partial charge in [0.1, 0.15) is 0 Å². The van der Waals surface area contributed by atoms with Crippen molar-refractivity contribution in [2.45, 2.75) is 6.42 Å². The van der Waals surface area contributed by atoms with Crippen molar-refractivity contribution in [1.82, 2.24) is 0 Å². The molecular weight excluding hydrogens is 238 g/mol. The largest absolute Gasteiger partial charge is 0.504 e. The topological polar surface area (TPSA) is 41.8 Å². The van der Waals surface area contributed by atoms with Crippen molar-refractivity contribution in [3.8, 4) is 11.5 Å². The van der Waals surface area contributed by atoms with Crippen LogP contribution in [0.1, 0.15) is 16.7 Å². The molecule has 0 amide bonds. The maximum absolute atomic E-state index is 9.86. The number of hydrogen-bond donors (Lipinski definition) is 1. The number of benzene rings is 2. The summed E-state index contributed by atoms with van der Waals surface area (Å²) < 4.78 is 5.19. The molecule has 1 heterocycles. The zero-order valence-electron chi connectivity index (χ0n) is 10.8. The van der Waals surface area contributed by atoms with Gasteiger partial charge in [0.25, 0.3) is 0 Å². The van der Waals surface area contributed by atoms with Crippen molar-refractivity contribution in [2.24, 2.45) is 4.99 Å². The number of ether oxygens (including phenoxy) is 1. The number of fused-ring (bicyclic) bond motifs is 1. The van der Waals surface area contributed by atoms with Crippen LogP contribution < -0.4 is 4.74 Å². The Kier molecular flexibility index (Phi) is 2.95. The molecule has 0 bridgehead atoms. The van der Waals surface area contributed by atoms with Gasteiger partial charge in [-0.2, -0.15) is 0 Å². The third-order valence-corrected chi connectivity index (χ3v) is 3.36. The van der Waals surface area contributed by atoms with Crippen molar-refractivity contribution >= 4 is 5.71 Å². The lowest BCUT2D eigenvalue weighted by molar-refractivity contribution is 0.373. The summed E-state index contributed by atoms with van der Waals surface area (Å²) in [7, 11) is 1.56. The molecule has 0 radical (unpaired) electrons. The molecule has 0 aliphatic carbocycles. The van der Waals surface area contributed by atoms with Crippen LogP contribution in [-0.4, -0.2) is 24.5 Å². The highest BCUT2D eigenvalue weighted by atomic mass is 16.5. The number of phenols is 1. The quantitative estimate of drug-likeness (QED) is 0.894. The lowest BCUT2D eigenvalue weighted by atomic mass is 9.93. The smallest absolute Gasteiger partial charge is 0.161 e. The van der Waals surface area contributed by atoms with E-state index in [1.165, 1.54) is 0 Å². The van der Waals surface area contributed by atoms with Crippen molar-refractivity contribution in [3.63, 3.8) is 0 Å². The second-order valence-electron chi connectivity index (χ2n) is 4.53. The van der Waals surface area contributed by atoms with E-state index in [4.69, 9.17) is 4.74 Å². The zero-order valence-corrected chi connectivity index (χ0v) is 10.8. The first-order valence-corrected chi connectivity index (χ1v) is 6.29. The molecule has 3 heteroatoms. The molecule has 0 fully saturated rings. The Bertz CT molecular complexity index is 633. The summed E-state index contributed by atoms with van der Waals surface area (Å²) >= 11 is 0. The van der Waals surface area contributed by atoms with Crippen LogP contribution in [0.25, 0.3) is 0 Å². The molecule has 2 aromatic rings. The Morgan fingerprint density at radius 3 is 2.68 bits per heavy atom. The number of rotatable bonds is 2. The van der Waals surface area contributed by atoms with Crippen LogP contribution in [0, 0.1) is 0 Å². The molecule has 0 unspecified atom stereocenters. The molecule has 2 aromatic carbocycles. The molecular formula is C16H15NO2. The van der Waals surface area contributed by atoms with Crippen LogP contribution in [0.3, 0.4) is 0 Å². The number of methoxy groups -OCH3 is 1. The van der Waals surface area contributed by atoms with Gasteiger partial charge in [0.2, 0.25) is 0 Å². The van der Waals surface area contributed by atoms with Crippen LogP contribution in [0.5, 0.6) is 11.5 Å². The third-order valence-electron chi connectivity index (χ3n) is 3.36. The lowest BCUT2D eigenvalue weighted by Gasteiger charge is -2.18. The number of hydrogen-bond acceptors (Lipinski definition) is 3. The molecule has 1 aliphatic rings. The molecule has 0 spiro atoms. The first-order chi connectivity index (χ1) is 9.29. The van der Waals surface area contributed by atoms with Crippen molar-refractivity contribution in [3.05, 3.63) is 59.2 Å². The predicted octanol–water partition coefficient (Wildman–Crippen LogP) is 2.79. The molecule has 1 N–H and O–H groups in total. The molecule has 1 aliphatic heterocycles. The molecule has 0 saturated heterocycles. The van der Waals surface area contributed by atoms with Gasteiger partial charge < -0.3 is 9.84 Å². The molecule has 3 nitrogen and oxygen atoms in total. The maximum atomic E-state index is 9.86. The minimum absolute atomic E-state index is 0.190. The highest BCUT2D eigenvalue weighted by Crippen LogP contribution is 2.32. The van der Waals surface area contributed by atoms with E-state index in [9.17, 15) is 5.11 Å². The minimum atomic E-state index is 0.190. The average molecular weight is 253 g/mol. The van der Waals surface area contributed by atoms with Gasteiger partial charge in [0.05, 0.1) is 12.8 Å². The van der Waals surface area contributed by atoms with Crippen LogP contribution in [0.4, 0.5) is 0 Å². The maximum Gasteiger partial charge on any atom is 0.161 e. The standard InChI is InChI=1S/C16H15NO2/c1-19-15-10-13-12(9-14(15)18)7-8-17-16(13)11-5-3-2-4-6-11/h2-6,9-10,18H,7-8H2,1H3. The molecule has 3 rings (SSSR count). The molecule has 19 heavy (non-hydrogen) atoms. The minimum Gasteiger partial charge on any atom is -0.504 e. The number of phenolic OH excluding ortho intramolecular Hbond substituents is 1. The Morgan fingerprint density at radius 2 is 1.95 bits per heavy atom. The van der Waals surface area contributed by atoms with Gasteiger partial charge >= 0.3 is 0 Å². The average Bonchev–Trinajstić information content (AvgIpc) is 2.46. The normalized spacial score (nSPS) is 13.6. The zero-order chi connectivity index (χ0) is 13.2. The van der Waals surface area contributed by atoms with Crippen LogP contribution in [-0.2, 0) is 6.42 Å². The van der Waals surface area contributed by atoms with Crippen molar-refractivity contribution in [1.29, 1.82) is 0 Å². The Balaban J connectivity index is 2.14. The lowest BCUT2D eigenvalue weighted by Crippen LogP contribution is -2.14. The summed E-state index contributed by atoms with van der Waals surface area (Å²) in [5.41, 5.74) is 4.23. The summed E-state index contributed by atoms with van der Waals surface area (Å²) in [5.74, 6) is 0.680. The van der Waals surface area contributed by atoms with Gasteiger partial charge in [0.15, 0.2) is 11.5 Å². The summed E-state index contributed by atoms with van der Waals surface area (Å²) in [4.78, 5) is 4.63. The fraction of sp³-hybridized carbons (Fsp3) is 0.188. The first kappa shape index (κ1) is 11.8. The van der Waals surface area contributed by atoms with Gasteiger partial charge in [-0.25, -0.2) is 0 Å². The number of aromatic hydroxyl groups is 1. The number of aliphatic imine (C=N–C) groups is 1. The van der Waals surface area contributed by atoms with Gasteiger partial charge in [-0.05, 0) is 24.1 Å². The van der Waals surface area contributed by atoms with E-state index in [-0.39, 0.29) is 5.75 Å². The van der Waals surface area contributed by atoms with E-state index < -0.39 is 0 Å². The second-order valence-corrected chi connectivity index (χ2v) is 4.53. The van der Waals surface area contributed by atoms with Gasteiger partial charge in [0, 0.05) is 17.7 Å². The SMILES string of the molecule is COc1cc2c(cc1O)CCN=C2c1ccccc1. The highest BCUT2D eigenvalue weighted by Gasteiger charge is 2.18. The van der Waals surface area contributed by atoms with Crippen LogP contribution in [0.2, 0.25) is 0 Å². The van der Waals surface area contributed by atoms with Gasteiger partial charge in [-0.3, -0.25) is 4.99 Å². The van der Waals surface area contributed by atoms with Crippen molar-refractivity contribution in [2.75, 3.05) is 13.7 Å². The van der Waals surface area contributed by atoms with Crippen molar-refractivity contribution < 1.29 is 9.84 Å². The highest BCUT2D eigenvalue weighted by molar-refractivity contribution is 6.14. The van der Waals surface area contributed by atoms with E-state index in [0.717, 1.165) is 35.4 Å². The Morgan fingerprint density at radius 1 is 1.16 bits per heavy atom. The van der Waals surface area contributed by atoms with E-state index in [2.05, 4.69) is 4.99 Å². The number of nitrogens with zero attached hydrogens (tertiary/aromatic N) is 1. The molecule has 0 saturated carbocycles. The first-order valence-electron chi connectivity index (χ1n) is 6.29. The van der Waals surface area contributed by atoms with Crippen LogP contribution in [0.15, 0.2) is 47.5 Å². The fourth-order valence-electron chi connectivity index (χ4n) is 2.42. The third kappa shape index (κ3) is 2.08. The molecule has 0 aromatic heterocycles. The monoisotopic (exact) mass is 253 g/mol. The summed E-state index contributed by atoms with van der Waals surface area (Å²) in [5, 5.41) is 9.86. The van der Waals surface area contributed by atoms with E-state index in [0.29, 0.717) is 5.75 Å². The van der Waals surface area contributed by atoms with Crippen LogP contribution >= 0.6 is 0 Å². The fourth-order valence-corrected chi connectivity index (χ4v) is 2.42. The van der Waals surface area contributed by atoms with E-state index in [1.54, 1.807) is 13.2 Å². The van der Waals surface area contributed by atoms with Gasteiger partial charge in [-0.1, -0.05) is 30.3 Å². The summed E-state index contributed by atoms with van der Waals surface area (Å²) in [6, 6.07) is 13.8. The Hall–Kier alpha value is -2.29. The predicted molar refractivity (Wildman–Crippen MR) is 75.3 cm³/mol. The summed E-state index contributed by atoms with van der Waals surface area (Å²) in [6.45, 7) is 0.753. The summed E-state index contributed by atoms with van der Waals surface area (Å²) in [6.07, 6.45) is 0.850. The van der Waals surface area contributed by atoms with E-state index >= 15 is 0 Å². The van der Waals surface area contributed by atoms with E-state index in [1.807, 2.05) is 36.4 Å².